The van der Waals surface area contributed by atoms with Crippen LogP contribution in [0.25, 0.3) is 0 Å². The smallest absolute Gasteiger partial charge is 0.302 e. The van der Waals surface area contributed by atoms with E-state index in [1.54, 1.807) is 6.92 Å². The van der Waals surface area contributed by atoms with E-state index in [0.29, 0.717) is 5.92 Å². The molecule has 0 spiro atoms. The molecule has 4 fully saturated rings. The minimum absolute atomic E-state index is 0.105. The topological polar surface area (TPSA) is 32.8 Å². The maximum Gasteiger partial charge on any atom is 0.302 e. The van der Waals surface area contributed by atoms with Crippen LogP contribution in [0.4, 0.5) is 0 Å². The molecule has 0 radical (unpaired) electrons. The molecule has 18 heavy (non-hydrogen) atoms. The van der Waals surface area contributed by atoms with E-state index >= 15 is 0 Å². The number of rotatable bonds is 3. The number of fused-ring (bicyclic) bond motifs is 1. The van der Waals surface area contributed by atoms with Crippen LogP contribution in [-0.4, -0.2) is 61.1 Å². The highest BCUT2D eigenvalue weighted by Gasteiger charge is 2.55. The highest BCUT2D eigenvalue weighted by atomic mass is 16.5. The summed E-state index contributed by atoms with van der Waals surface area (Å²) in [6, 6.07) is 0. The molecule has 0 amide bonds. The van der Waals surface area contributed by atoms with E-state index in [0.717, 1.165) is 26.2 Å². The molecular formula is C14H24N2O2. The Morgan fingerprint density at radius 2 is 1.89 bits per heavy atom. The molecule has 4 bridgehead atoms. The largest absolute Gasteiger partial charge is 0.461 e. The molecule has 4 aliphatic rings. The van der Waals surface area contributed by atoms with Crippen molar-refractivity contribution in [2.45, 2.75) is 32.8 Å². The van der Waals surface area contributed by atoms with Crippen molar-refractivity contribution in [1.29, 1.82) is 0 Å². The summed E-state index contributed by atoms with van der Waals surface area (Å²) in [7, 11) is 0. The van der Waals surface area contributed by atoms with Crippen LogP contribution in [0, 0.1) is 11.3 Å². The van der Waals surface area contributed by atoms with Crippen molar-refractivity contribution in [3.63, 3.8) is 0 Å². The molecule has 102 valence electrons. The van der Waals surface area contributed by atoms with Crippen LogP contribution >= 0.6 is 0 Å². The highest BCUT2D eigenvalue weighted by molar-refractivity contribution is 5.66. The first-order valence-electron chi connectivity index (χ1n) is 7.25. The monoisotopic (exact) mass is 252 g/mol. The van der Waals surface area contributed by atoms with Gasteiger partial charge in [0.2, 0.25) is 0 Å². The second-order valence-electron chi connectivity index (χ2n) is 6.37. The number of carbonyl (C=O) groups is 1. The van der Waals surface area contributed by atoms with Crippen LogP contribution in [0.1, 0.15) is 26.7 Å². The summed E-state index contributed by atoms with van der Waals surface area (Å²) in [5, 5.41) is 0. The first kappa shape index (κ1) is 12.4. The van der Waals surface area contributed by atoms with Gasteiger partial charge in [-0.1, -0.05) is 13.3 Å². The van der Waals surface area contributed by atoms with Gasteiger partial charge < -0.3 is 14.5 Å². The van der Waals surface area contributed by atoms with Crippen molar-refractivity contribution in [3.8, 4) is 0 Å². The molecular weight excluding hydrogens is 228 g/mol. The predicted octanol–water partition coefficient (Wildman–Crippen LogP) is 0.966. The Labute approximate surface area is 109 Å². The standard InChI is InChI=1S/C14H24N2O2/c1-3-4-14-9-15-5-6-16(10-14)8-12(7-15)13(14)18-11(2)17/h12-13H,3-10H2,1-2H3. The average molecular weight is 252 g/mol. The third-order valence-electron chi connectivity index (χ3n) is 4.87. The van der Waals surface area contributed by atoms with Crippen LogP contribution in [0.3, 0.4) is 0 Å². The van der Waals surface area contributed by atoms with E-state index in [1.165, 1.54) is 25.9 Å². The van der Waals surface area contributed by atoms with Gasteiger partial charge in [0, 0.05) is 57.5 Å². The zero-order valence-electron chi connectivity index (χ0n) is 11.5. The fraction of sp³-hybridized carbons (Fsp3) is 0.929. The van der Waals surface area contributed by atoms with Crippen LogP contribution in [0.2, 0.25) is 0 Å². The fourth-order valence-corrected chi connectivity index (χ4v) is 4.48. The quantitative estimate of drug-likeness (QED) is 0.701. The highest BCUT2D eigenvalue weighted by Crippen LogP contribution is 2.45. The zero-order valence-corrected chi connectivity index (χ0v) is 11.5. The number of ether oxygens (including phenoxy) is 1. The van der Waals surface area contributed by atoms with Crippen LogP contribution < -0.4 is 0 Å². The van der Waals surface area contributed by atoms with E-state index in [4.69, 9.17) is 4.74 Å². The number of hydrogen-bond donors (Lipinski definition) is 0. The van der Waals surface area contributed by atoms with Gasteiger partial charge in [0.1, 0.15) is 6.10 Å². The molecule has 4 heteroatoms. The summed E-state index contributed by atoms with van der Waals surface area (Å²) in [5.41, 5.74) is 0.193. The second-order valence-corrected chi connectivity index (χ2v) is 6.37. The van der Waals surface area contributed by atoms with Crippen LogP contribution in [0.15, 0.2) is 0 Å². The number of hydrogen-bond acceptors (Lipinski definition) is 4. The maximum atomic E-state index is 11.4. The Kier molecular flexibility index (Phi) is 3.10. The molecule has 0 saturated carbocycles. The summed E-state index contributed by atoms with van der Waals surface area (Å²) in [6.45, 7) is 10.6. The molecule has 4 rings (SSSR count). The number of esters is 1. The first-order valence-corrected chi connectivity index (χ1v) is 7.25. The average Bonchev–Trinajstić information content (AvgIpc) is 2.52. The first-order chi connectivity index (χ1) is 8.63. The lowest BCUT2D eigenvalue weighted by molar-refractivity contribution is -0.177. The van der Waals surface area contributed by atoms with E-state index in [-0.39, 0.29) is 17.5 Å². The minimum atomic E-state index is -0.105. The number of piperidine rings is 2. The summed E-state index contributed by atoms with van der Waals surface area (Å²) in [5.74, 6) is 0.414. The number of nitrogens with zero attached hydrogens (tertiary/aromatic N) is 2. The Morgan fingerprint density at radius 1 is 1.28 bits per heavy atom. The third kappa shape index (κ3) is 1.95. The number of carbonyl (C=O) groups excluding carboxylic acids is 1. The zero-order chi connectivity index (χ0) is 12.8. The van der Waals surface area contributed by atoms with Crippen molar-refractivity contribution in [2.24, 2.45) is 11.3 Å². The summed E-state index contributed by atoms with van der Waals surface area (Å²) < 4.78 is 5.75. The molecule has 0 aliphatic carbocycles. The predicted molar refractivity (Wildman–Crippen MR) is 69.3 cm³/mol. The van der Waals surface area contributed by atoms with E-state index in [1.807, 2.05) is 0 Å². The molecule has 0 aromatic carbocycles. The van der Waals surface area contributed by atoms with Gasteiger partial charge in [-0.15, -0.1) is 0 Å². The molecule has 3 unspecified atom stereocenters. The van der Waals surface area contributed by atoms with Gasteiger partial charge in [0.25, 0.3) is 0 Å². The maximum absolute atomic E-state index is 11.4. The molecule has 4 nitrogen and oxygen atoms in total. The van der Waals surface area contributed by atoms with Gasteiger partial charge in [0.05, 0.1) is 0 Å². The van der Waals surface area contributed by atoms with Gasteiger partial charge in [0.15, 0.2) is 0 Å². The molecule has 4 saturated heterocycles. The van der Waals surface area contributed by atoms with Crippen molar-refractivity contribution in [2.75, 3.05) is 39.3 Å². The lowest BCUT2D eigenvalue weighted by Crippen LogP contribution is -2.64. The van der Waals surface area contributed by atoms with Gasteiger partial charge in [-0.05, 0) is 6.42 Å². The van der Waals surface area contributed by atoms with Crippen molar-refractivity contribution >= 4 is 5.97 Å². The van der Waals surface area contributed by atoms with E-state index in [9.17, 15) is 4.79 Å². The summed E-state index contributed by atoms with van der Waals surface area (Å²) in [6.07, 6.45) is 2.50. The van der Waals surface area contributed by atoms with Crippen molar-refractivity contribution < 1.29 is 9.53 Å². The Hall–Kier alpha value is -0.610. The van der Waals surface area contributed by atoms with E-state index < -0.39 is 0 Å². The minimum Gasteiger partial charge on any atom is -0.461 e. The summed E-state index contributed by atoms with van der Waals surface area (Å²) in [4.78, 5) is 16.6. The van der Waals surface area contributed by atoms with Crippen molar-refractivity contribution in [3.05, 3.63) is 0 Å². The Bertz CT molecular complexity index is 329. The van der Waals surface area contributed by atoms with Crippen LogP contribution in [-0.2, 0) is 9.53 Å². The van der Waals surface area contributed by atoms with Gasteiger partial charge in [-0.3, -0.25) is 4.79 Å². The molecule has 4 aliphatic heterocycles. The van der Waals surface area contributed by atoms with Gasteiger partial charge in [-0.2, -0.15) is 0 Å². The SMILES string of the molecule is CCCC12CN3CCN(CC(C3)C1OC(C)=O)C2. The molecule has 0 aromatic rings. The normalized spacial score (nSPS) is 45.9. The molecule has 0 N–H and O–H groups in total. The second kappa shape index (κ2) is 4.49. The lowest BCUT2D eigenvalue weighted by Gasteiger charge is -2.54. The van der Waals surface area contributed by atoms with Crippen LogP contribution in [0.5, 0.6) is 0 Å². The third-order valence-corrected chi connectivity index (χ3v) is 4.87. The molecule has 3 atom stereocenters. The Morgan fingerprint density at radius 3 is 2.39 bits per heavy atom. The lowest BCUT2D eigenvalue weighted by atomic mass is 9.67. The summed E-state index contributed by atoms with van der Waals surface area (Å²) >= 11 is 0. The molecule has 4 heterocycles. The molecule has 0 aromatic heterocycles. The van der Waals surface area contributed by atoms with Gasteiger partial charge >= 0.3 is 5.97 Å². The fourth-order valence-electron chi connectivity index (χ4n) is 4.48. The van der Waals surface area contributed by atoms with Gasteiger partial charge in [-0.25, -0.2) is 0 Å². The van der Waals surface area contributed by atoms with E-state index in [2.05, 4.69) is 16.7 Å². The Balaban J connectivity index is 1.91. The van der Waals surface area contributed by atoms with Crippen molar-refractivity contribution in [1.82, 2.24) is 9.80 Å².